The van der Waals surface area contributed by atoms with Gasteiger partial charge in [0, 0.05) is 388 Å². The second-order valence-electron chi connectivity index (χ2n) is 32.1. The summed E-state index contributed by atoms with van der Waals surface area (Å²) in [7, 11) is 1.58. The first-order chi connectivity index (χ1) is 58.9. The third kappa shape index (κ3) is 35.4. The van der Waals surface area contributed by atoms with Crippen molar-refractivity contribution in [2.75, 3.05) is 33.5 Å². The van der Waals surface area contributed by atoms with Gasteiger partial charge in [-0.15, -0.1) is 0 Å². The Hall–Kier alpha value is 4.62. The molecule has 20 atom stereocenters. The maximum Gasteiger partial charge on any atom is 0.222 e. The van der Waals surface area contributed by atoms with Crippen molar-refractivity contribution in [3.8, 4) is 5.75 Å². The largest absolute Gasteiger partial charge is 0.497 e. The molecule has 14 rings (SSSR count). The minimum Gasteiger partial charge on any atom is -0.497 e. The van der Waals surface area contributed by atoms with Crippen LogP contribution in [0.4, 0.5) is 0 Å². The Labute approximate surface area is 1090 Å². The van der Waals surface area contributed by atoms with E-state index in [0.29, 0.717) is 68.0 Å². The molecule has 3 unspecified atom stereocenters. The standard InChI is InChI=1S/2C21H25ClO5.C20H23ClO7.C20H23ClO5.C14H12BrCl.8Ac/c2*1-12-3-5-13(6-4-12)9-14-10-15(7-8-16(14)22)21(2)20(26)19(25)18(24)17(11-23)27-21;1-27-14-5-2-11(3-6-14)8-12-9-13(4-7-15(12)21)20(26)19(25)18(24)17(23)16(10-22)28-20;1-11-2-4-12(5-3-11)8-14-9-13(6-7-15(14)21)20-19(25)18(24)17(23)16(10-22)26-20;1-10-2-4-11(5-3-10)8-12-9-13(15)6-7-14(12)16;;;;;;;;/h2*3-8,10,17-20,23-26H,9,11H2,1-2H3;2-7,9,16-19,22-26H,8,10H2,1H3;2-7,9,16-20,22-25H,8,10H2,1H3;2-7,9H,8H2,1H3;;;;;;;;/t2*17-,18-,19+,20-,21?;16-,17-,18+,19-,20?;16-,17-,18+,19-,20+;;;;;;;;;/m1111........./s1. The van der Waals surface area contributed by atoms with Gasteiger partial charge in [0.1, 0.15) is 121 Å². The molecule has 0 aromatic heterocycles. The van der Waals surface area contributed by atoms with Gasteiger partial charge in [0.2, 0.25) is 5.79 Å². The Balaban J connectivity index is 0.000000555. The molecule has 0 aliphatic carbocycles. The van der Waals surface area contributed by atoms with Crippen LogP contribution in [0.3, 0.4) is 0 Å². The Morgan fingerprint density at radius 2 is 0.583 bits per heavy atom. The monoisotopic (exact) mass is 3680 g/mol. The van der Waals surface area contributed by atoms with Crippen molar-refractivity contribution in [3.05, 3.63) is 342 Å². The van der Waals surface area contributed by atoms with Crippen LogP contribution in [0.25, 0.3) is 0 Å². The quantitative estimate of drug-likeness (QED) is 0.0357. The fraction of sp³-hybridized carbons (Fsp3) is 0.375. The van der Waals surface area contributed by atoms with E-state index >= 15 is 0 Å². The van der Waals surface area contributed by atoms with Gasteiger partial charge in [-0.1, -0.05) is 248 Å². The Bertz CT molecular complexity index is 5000. The maximum absolute atomic E-state index is 10.9. The summed E-state index contributed by atoms with van der Waals surface area (Å²) in [4.78, 5) is 0. The summed E-state index contributed by atoms with van der Waals surface area (Å²) in [6.45, 7) is 9.41. The zero-order chi connectivity index (χ0) is 90.4. The molecule has 17 N–H and O–H groups in total. The number of aliphatic hydroxyl groups excluding tert-OH is 16. The number of rotatable bonds is 19. The van der Waals surface area contributed by atoms with Gasteiger partial charge in [0.25, 0.3) is 0 Å². The molecule has 10 aromatic carbocycles. The number of hydrogen-bond donors (Lipinski definition) is 17. The molecule has 36 heteroatoms. The number of benzene rings is 10. The first-order valence-electron chi connectivity index (χ1n) is 40.3. The Morgan fingerprint density at radius 1 is 0.311 bits per heavy atom. The molecule has 8 radical (unpaired) electrons. The fourth-order valence-corrected chi connectivity index (χ4v) is 16.5. The Kier molecular flexibility index (Phi) is 63.3. The van der Waals surface area contributed by atoms with E-state index in [4.69, 9.17) is 81.7 Å². The summed E-state index contributed by atoms with van der Waals surface area (Å²) < 4.78 is 28.8. The van der Waals surface area contributed by atoms with Crippen molar-refractivity contribution >= 4 is 73.9 Å². The number of hydrogen-bond acceptors (Lipinski definition) is 22. The van der Waals surface area contributed by atoms with Crippen molar-refractivity contribution < 1.29 is 463 Å². The first kappa shape index (κ1) is 133. The predicted molar refractivity (Wildman–Crippen MR) is 478 cm³/mol. The summed E-state index contributed by atoms with van der Waals surface area (Å²) in [5.41, 5.74) is 14.2. The number of methoxy groups -OCH3 is 1. The number of ether oxygens (including phenoxy) is 5. The second-order valence-corrected chi connectivity index (χ2v) is 35.1. The molecule has 132 heavy (non-hydrogen) atoms. The summed E-state index contributed by atoms with van der Waals surface area (Å²) in [5, 5.41) is 174. The van der Waals surface area contributed by atoms with Gasteiger partial charge in [-0.2, -0.15) is 0 Å². The normalized spacial score (nSPS) is 26.1. The van der Waals surface area contributed by atoms with Crippen LogP contribution in [0.2, 0.25) is 25.1 Å². The molecule has 4 aliphatic rings. The molecule has 22 nitrogen and oxygen atoms in total. The summed E-state index contributed by atoms with van der Waals surface area (Å²) in [6, 6.07) is 66.7. The molecule has 0 amide bonds. The van der Waals surface area contributed by atoms with E-state index < -0.39 is 147 Å². The number of aryl methyl sites for hydroxylation is 4. The average Bonchev–Trinajstić information content (AvgIpc) is 0.762. The van der Waals surface area contributed by atoms with Crippen LogP contribution in [-0.2, 0) is 68.0 Å². The van der Waals surface area contributed by atoms with E-state index in [1.54, 1.807) is 69.5 Å². The predicted octanol–water partition coefficient (Wildman–Crippen LogP) is 11.2. The molecule has 10 aromatic rings. The molecule has 4 heterocycles. The summed E-state index contributed by atoms with van der Waals surface area (Å²) in [5.74, 6) is -1.59. The molecular weight excluding hydrogens is 3580 g/mol. The van der Waals surface area contributed by atoms with Crippen molar-refractivity contribution in [2.45, 2.75) is 194 Å². The smallest absolute Gasteiger partial charge is 0.222 e. The average molecular weight is 3690 g/mol. The number of aliphatic hydroxyl groups is 17. The van der Waals surface area contributed by atoms with Crippen LogP contribution in [-0.4, -0.2) is 218 Å². The van der Waals surface area contributed by atoms with Gasteiger partial charge < -0.3 is 110 Å². The zero-order valence-corrected chi connectivity index (χ0v) is 117. The van der Waals surface area contributed by atoms with Crippen LogP contribution in [0.1, 0.15) is 120 Å². The first-order valence-corrected chi connectivity index (χ1v) is 43.0. The number of halogens is 6. The summed E-state index contributed by atoms with van der Waals surface area (Å²) in [6.07, 6.45) is -19.3. The molecule has 4 fully saturated rings. The van der Waals surface area contributed by atoms with Crippen LogP contribution in [0, 0.1) is 380 Å². The minimum absolute atomic E-state index is 0. The van der Waals surface area contributed by atoms with E-state index in [9.17, 15) is 86.8 Å². The van der Waals surface area contributed by atoms with Crippen LogP contribution < -0.4 is 4.74 Å². The molecule has 0 saturated carbocycles. The van der Waals surface area contributed by atoms with Crippen LogP contribution in [0.5, 0.6) is 5.75 Å². The topological polar surface area (TPSA) is 390 Å². The van der Waals surface area contributed by atoms with Crippen molar-refractivity contribution in [1.82, 2.24) is 0 Å². The van der Waals surface area contributed by atoms with Gasteiger partial charge in [0.05, 0.1) is 33.5 Å². The van der Waals surface area contributed by atoms with Crippen molar-refractivity contribution in [3.63, 3.8) is 0 Å². The molecular formula is C96H108Ac8BrCl5O22. The molecule has 690 valence electrons. The van der Waals surface area contributed by atoms with E-state index in [2.05, 4.69) is 53.2 Å². The van der Waals surface area contributed by atoms with Gasteiger partial charge in [0.15, 0.2) is 0 Å². The van der Waals surface area contributed by atoms with Gasteiger partial charge in [-0.05, 0) is 207 Å². The molecule has 4 saturated heterocycles. The third-order valence-electron chi connectivity index (χ3n) is 23.0. The second kappa shape index (κ2) is 62.9. The minimum atomic E-state index is -2.31. The molecule has 0 spiro atoms. The van der Waals surface area contributed by atoms with E-state index in [0.717, 1.165) is 66.2 Å². The van der Waals surface area contributed by atoms with Gasteiger partial charge in [-0.3, -0.25) is 0 Å². The third-order valence-corrected chi connectivity index (χ3v) is 25.3. The van der Waals surface area contributed by atoms with Crippen LogP contribution in [0.15, 0.2) is 217 Å². The van der Waals surface area contributed by atoms with E-state index in [1.165, 1.54) is 33.9 Å². The SMILES string of the molecule is COc1ccc(Cc2cc(C3(O)O[C@H](CO)[C@@H](O)[C@H](O)[C@H]3O)ccc2Cl)cc1.Cc1ccc(Cc2cc(Br)ccc2Cl)cc1.Cc1ccc(Cc2cc(C3(C)O[C@H](CO)[C@@H](O)[C@H](O)[C@H]3O)ccc2Cl)cc1.Cc1ccc(Cc2cc(C3(C)O[C@H](CO)[C@@H](O)[C@H](O)[C@H]3O)ccc2Cl)cc1.Cc1ccc(Cc2cc([C@@H]3O[C@H](CO)[C@@H](O)[C@H](O)[C@H]3O)ccc2Cl)cc1.[Ac].[Ac].[Ac].[Ac].[Ac].[Ac].[Ac].[Ac]. The molecule has 0 bridgehead atoms. The maximum atomic E-state index is 10.9. The van der Waals surface area contributed by atoms with E-state index in [1.807, 2.05) is 148 Å². The zero-order valence-electron chi connectivity index (χ0n) is 73.9. The van der Waals surface area contributed by atoms with Gasteiger partial charge in [-0.25, -0.2) is 0 Å². The van der Waals surface area contributed by atoms with E-state index in [-0.39, 0.29) is 358 Å². The van der Waals surface area contributed by atoms with Crippen molar-refractivity contribution in [1.29, 1.82) is 0 Å². The Morgan fingerprint density at radius 3 is 0.917 bits per heavy atom. The fourth-order valence-electron chi connectivity index (χ4n) is 15.1. The molecule has 4 aliphatic heterocycles. The van der Waals surface area contributed by atoms with Crippen molar-refractivity contribution in [2.24, 2.45) is 0 Å². The van der Waals surface area contributed by atoms with Crippen LogP contribution >= 0.6 is 73.9 Å². The summed E-state index contributed by atoms with van der Waals surface area (Å²) >= 11 is 35.0. The van der Waals surface area contributed by atoms with Gasteiger partial charge >= 0.3 is 0 Å².